The van der Waals surface area contributed by atoms with Gasteiger partial charge in [-0.3, -0.25) is 14.9 Å². The molecule has 5 heteroatoms. The molecule has 5 nitrogen and oxygen atoms in total. The summed E-state index contributed by atoms with van der Waals surface area (Å²) in [7, 11) is 0. The van der Waals surface area contributed by atoms with E-state index in [1.54, 1.807) is 13.0 Å². The van der Waals surface area contributed by atoms with Crippen LogP contribution in [0.15, 0.2) is 12.1 Å². The fraction of sp³-hybridized carbons (Fsp3) is 0.222. The summed E-state index contributed by atoms with van der Waals surface area (Å²) in [6.07, 6.45) is 0.439. The Kier molecular flexibility index (Phi) is 2.81. The average Bonchev–Trinajstić information content (AvgIpc) is 2.13. The third kappa shape index (κ3) is 1.71. The van der Waals surface area contributed by atoms with Gasteiger partial charge in [-0.05, 0) is 25.0 Å². The molecule has 0 atom stereocenters. The number of nitro groups is 1. The molecule has 0 aliphatic carbocycles. The van der Waals surface area contributed by atoms with Gasteiger partial charge in [0.25, 0.3) is 5.69 Å². The number of anilines is 1. The van der Waals surface area contributed by atoms with Crippen molar-refractivity contribution < 1.29 is 9.72 Å². The van der Waals surface area contributed by atoms with Crippen molar-refractivity contribution in [1.29, 1.82) is 0 Å². The van der Waals surface area contributed by atoms with Crippen molar-refractivity contribution in [2.24, 2.45) is 0 Å². The number of nitrogens with one attached hydrogen (secondary N) is 1. The van der Waals surface area contributed by atoms with Crippen LogP contribution in [-0.4, -0.2) is 11.3 Å². The largest absolute Gasteiger partial charge is 0.323 e. The van der Waals surface area contributed by atoms with E-state index in [0.29, 0.717) is 12.0 Å². The van der Waals surface area contributed by atoms with E-state index in [1.165, 1.54) is 6.07 Å². The highest BCUT2D eigenvalue weighted by Gasteiger charge is 2.16. The summed E-state index contributed by atoms with van der Waals surface area (Å²) in [5.74, 6) is 0. The van der Waals surface area contributed by atoms with Gasteiger partial charge in [-0.15, -0.1) is 0 Å². The van der Waals surface area contributed by atoms with Crippen LogP contribution in [0, 0.1) is 24.0 Å². The zero-order valence-electron chi connectivity index (χ0n) is 7.90. The van der Waals surface area contributed by atoms with Crippen molar-refractivity contribution in [3.8, 4) is 0 Å². The average molecular weight is 194 g/mol. The highest BCUT2D eigenvalue weighted by molar-refractivity contribution is 5.80. The van der Waals surface area contributed by atoms with Crippen LogP contribution in [0.1, 0.15) is 11.1 Å². The zero-order valence-corrected chi connectivity index (χ0v) is 7.90. The molecule has 74 valence electrons. The van der Waals surface area contributed by atoms with Crippen LogP contribution < -0.4 is 5.32 Å². The molecule has 0 aromatic heterocycles. The van der Waals surface area contributed by atoms with Crippen LogP contribution in [0.4, 0.5) is 11.4 Å². The van der Waals surface area contributed by atoms with E-state index in [9.17, 15) is 14.9 Å². The van der Waals surface area contributed by atoms with Gasteiger partial charge in [-0.1, -0.05) is 6.07 Å². The highest BCUT2D eigenvalue weighted by Crippen LogP contribution is 2.29. The Morgan fingerprint density at radius 3 is 2.57 bits per heavy atom. The van der Waals surface area contributed by atoms with E-state index in [1.807, 2.05) is 6.92 Å². The molecule has 0 unspecified atom stereocenters. The van der Waals surface area contributed by atoms with Gasteiger partial charge in [0.2, 0.25) is 6.41 Å². The fourth-order valence-electron chi connectivity index (χ4n) is 1.19. The normalized spacial score (nSPS) is 9.57. The van der Waals surface area contributed by atoms with Crippen molar-refractivity contribution >= 4 is 17.8 Å². The van der Waals surface area contributed by atoms with Gasteiger partial charge in [-0.2, -0.15) is 0 Å². The molecule has 0 bridgehead atoms. The number of benzene rings is 1. The quantitative estimate of drug-likeness (QED) is 0.453. The topological polar surface area (TPSA) is 72.2 Å². The molecule has 14 heavy (non-hydrogen) atoms. The molecule has 0 aliphatic rings. The zero-order chi connectivity index (χ0) is 10.7. The minimum Gasteiger partial charge on any atom is -0.323 e. The van der Waals surface area contributed by atoms with Crippen molar-refractivity contribution in [1.82, 2.24) is 0 Å². The van der Waals surface area contributed by atoms with Gasteiger partial charge in [0.15, 0.2) is 0 Å². The number of nitro benzene ring substituents is 1. The lowest BCUT2D eigenvalue weighted by atomic mass is 10.1. The van der Waals surface area contributed by atoms with Crippen LogP contribution in [0.3, 0.4) is 0 Å². The number of aryl methyl sites for hydroxylation is 1. The maximum absolute atomic E-state index is 10.6. The molecule has 0 fully saturated rings. The monoisotopic (exact) mass is 194 g/mol. The first-order chi connectivity index (χ1) is 6.57. The summed E-state index contributed by atoms with van der Waals surface area (Å²) < 4.78 is 0. The minimum atomic E-state index is -0.516. The molecule has 0 saturated carbocycles. The molecule has 0 aliphatic heterocycles. The van der Waals surface area contributed by atoms with Gasteiger partial charge >= 0.3 is 0 Å². The molecule has 1 aromatic carbocycles. The van der Waals surface area contributed by atoms with Crippen molar-refractivity contribution in [3.63, 3.8) is 0 Å². The summed E-state index contributed by atoms with van der Waals surface area (Å²) >= 11 is 0. The van der Waals surface area contributed by atoms with Crippen LogP contribution >= 0.6 is 0 Å². The molecule has 1 rings (SSSR count). The molecule has 1 amide bonds. The van der Waals surface area contributed by atoms with E-state index in [-0.39, 0.29) is 11.4 Å². The van der Waals surface area contributed by atoms with E-state index >= 15 is 0 Å². The number of carbonyl (C=O) groups excluding carboxylic acids is 1. The molecule has 0 spiro atoms. The van der Waals surface area contributed by atoms with Crippen LogP contribution in [0.2, 0.25) is 0 Å². The van der Waals surface area contributed by atoms with Crippen molar-refractivity contribution in [3.05, 3.63) is 33.4 Å². The summed E-state index contributed by atoms with van der Waals surface area (Å²) in [4.78, 5) is 20.4. The second kappa shape index (κ2) is 3.87. The number of nitrogens with zero attached hydrogens (tertiary/aromatic N) is 1. The molecular weight excluding hydrogens is 184 g/mol. The third-order valence-electron chi connectivity index (χ3n) is 2.11. The highest BCUT2D eigenvalue weighted by atomic mass is 16.6. The van der Waals surface area contributed by atoms with Gasteiger partial charge in [-0.25, -0.2) is 0 Å². The predicted octanol–water partition coefficient (Wildman–Crippen LogP) is 1.78. The summed E-state index contributed by atoms with van der Waals surface area (Å²) in [5, 5.41) is 13.0. The number of rotatable bonds is 3. The second-order valence-corrected chi connectivity index (χ2v) is 2.92. The number of hydrogen-bond donors (Lipinski definition) is 1. The molecular formula is C9H10N2O3. The summed E-state index contributed by atoms with van der Waals surface area (Å²) in [5.41, 5.74) is 1.80. The Balaban J connectivity index is 3.36. The molecule has 0 radical (unpaired) electrons. The Morgan fingerprint density at radius 1 is 1.43 bits per heavy atom. The summed E-state index contributed by atoms with van der Waals surface area (Å²) in [6.45, 7) is 3.56. The Labute approximate surface area is 80.9 Å². The standard InChI is InChI=1S/C9H10N2O3/c1-6-3-4-8(11(13)14)9(7(6)2)10-5-12/h3-5H,1-2H3,(H,10,12). The first-order valence-corrected chi connectivity index (χ1v) is 4.02. The van der Waals surface area contributed by atoms with Gasteiger partial charge in [0.1, 0.15) is 5.69 Å². The molecule has 1 aromatic rings. The molecule has 0 heterocycles. The Hall–Kier alpha value is -1.91. The SMILES string of the molecule is Cc1ccc([N+](=O)[O-])c(NC=O)c1C. The smallest absolute Gasteiger partial charge is 0.293 e. The lowest BCUT2D eigenvalue weighted by molar-refractivity contribution is -0.384. The predicted molar refractivity (Wildman–Crippen MR) is 52.3 cm³/mol. The van der Waals surface area contributed by atoms with Gasteiger partial charge in [0, 0.05) is 6.07 Å². The van der Waals surface area contributed by atoms with E-state index in [0.717, 1.165) is 5.56 Å². The maximum Gasteiger partial charge on any atom is 0.293 e. The summed E-state index contributed by atoms with van der Waals surface area (Å²) in [6, 6.07) is 3.04. The second-order valence-electron chi connectivity index (χ2n) is 2.92. The van der Waals surface area contributed by atoms with Gasteiger partial charge in [0.05, 0.1) is 4.92 Å². The number of hydrogen-bond acceptors (Lipinski definition) is 3. The molecule has 0 saturated heterocycles. The Morgan fingerprint density at radius 2 is 2.07 bits per heavy atom. The van der Waals surface area contributed by atoms with Crippen LogP contribution in [0.5, 0.6) is 0 Å². The van der Waals surface area contributed by atoms with E-state index in [2.05, 4.69) is 5.32 Å². The lowest BCUT2D eigenvalue weighted by Gasteiger charge is -2.07. The lowest BCUT2D eigenvalue weighted by Crippen LogP contribution is -2.02. The van der Waals surface area contributed by atoms with E-state index in [4.69, 9.17) is 0 Å². The van der Waals surface area contributed by atoms with Crippen LogP contribution in [-0.2, 0) is 4.79 Å². The van der Waals surface area contributed by atoms with E-state index < -0.39 is 4.92 Å². The third-order valence-corrected chi connectivity index (χ3v) is 2.11. The first kappa shape index (κ1) is 10.2. The van der Waals surface area contributed by atoms with Crippen molar-refractivity contribution in [2.45, 2.75) is 13.8 Å². The number of amides is 1. The van der Waals surface area contributed by atoms with Crippen LogP contribution in [0.25, 0.3) is 0 Å². The maximum atomic E-state index is 10.6. The fourth-order valence-corrected chi connectivity index (χ4v) is 1.19. The minimum absolute atomic E-state index is 0.0831. The first-order valence-electron chi connectivity index (χ1n) is 4.02. The van der Waals surface area contributed by atoms with Gasteiger partial charge < -0.3 is 5.32 Å². The molecule has 1 N–H and O–H groups in total. The van der Waals surface area contributed by atoms with Crippen molar-refractivity contribution in [2.75, 3.05) is 5.32 Å². The Bertz CT molecular complexity index is 388. The number of carbonyl (C=O) groups is 1.